The second kappa shape index (κ2) is 9.39. The van der Waals surface area contributed by atoms with Crippen molar-refractivity contribution >= 4 is 40.1 Å². The van der Waals surface area contributed by atoms with Crippen molar-refractivity contribution in [3.63, 3.8) is 0 Å². The Morgan fingerprint density at radius 3 is 2.38 bits per heavy atom. The van der Waals surface area contributed by atoms with Crippen LogP contribution in [0.2, 0.25) is 5.02 Å². The van der Waals surface area contributed by atoms with Gasteiger partial charge in [0.05, 0.1) is 11.6 Å². The van der Waals surface area contributed by atoms with Crippen LogP contribution < -0.4 is 5.32 Å². The third kappa shape index (κ3) is 4.71. The number of carbonyl (C=O) groups excluding carboxylic acids is 1. The van der Waals surface area contributed by atoms with Gasteiger partial charge in [-0.05, 0) is 59.4 Å². The predicted octanol–water partition coefficient (Wildman–Crippen LogP) is 4.76. The van der Waals surface area contributed by atoms with Gasteiger partial charge in [-0.3, -0.25) is 9.69 Å². The number of nitrogens with zero attached hydrogens (tertiary/aromatic N) is 1. The highest BCUT2D eigenvalue weighted by Gasteiger charge is 2.21. The molecule has 0 saturated heterocycles. The minimum absolute atomic E-state index is 0.0517. The summed E-state index contributed by atoms with van der Waals surface area (Å²) in [6, 6.07) is 15.5. The topological polar surface area (TPSA) is 32.3 Å². The molecule has 0 aliphatic rings. The Morgan fingerprint density at radius 1 is 1.12 bits per heavy atom. The molecule has 5 heteroatoms. The van der Waals surface area contributed by atoms with E-state index < -0.39 is 0 Å². The molecule has 0 radical (unpaired) electrons. The van der Waals surface area contributed by atoms with Gasteiger partial charge in [-0.1, -0.05) is 55.8 Å². The standard InChI is InChI=1S/C19H22ClIN2O/c1-3-23(4-2)18(14-9-5-7-11-16(14)20)13-22-19(24)15-10-6-8-12-17(15)21/h5-12,18H,3-4,13H2,1-2H3,(H,22,24). The Kier molecular flexibility index (Phi) is 7.52. The Balaban J connectivity index is 2.19. The molecule has 3 nitrogen and oxygen atoms in total. The van der Waals surface area contributed by atoms with E-state index in [4.69, 9.17) is 11.6 Å². The van der Waals surface area contributed by atoms with Crippen LogP contribution in [0.4, 0.5) is 0 Å². The molecular formula is C19H22ClIN2O. The highest BCUT2D eigenvalue weighted by atomic mass is 127. The Morgan fingerprint density at radius 2 is 1.75 bits per heavy atom. The second-order valence-corrected chi connectivity index (χ2v) is 7.02. The average molecular weight is 457 g/mol. The first-order chi connectivity index (χ1) is 11.6. The van der Waals surface area contributed by atoms with E-state index in [1.54, 1.807) is 0 Å². The number of rotatable bonds is 7. The first kappa shape index (κ1) is 19.2. The number of nitrogens with one attached hydrogen (secondary N) is 1. The number of amides is 1. The maximum atomic E-state index is 12.5. The molecule has 2 rings (SSSR count). The van der Waals surface area contributed by atoms with Crippen LogP contribution in [0.3, 0.4) is 0 Å². The lowest BCUT2D eigenvalue weighted by molar-refractivity contribution is 0.0934. The van der Waals surface area contributed by atoms with Gasteiger partial charge in [0.25, 0.3) is 5.91 Å². The zero-order valence-corrected chi connectivity index (χ0v) is 16.8. The van der Waals surface area contributed by atoms with Gasteiger partial charge in [0, 0.05) is 15.1 Å². The number of likely N-dealkylation sites (N-methyl/N-ethyl adjacent to an activating group) is 1. The third-order valence-corrected chi connectivity index (χ3v) is 5.38. The van der Waals surface area contributed by atoms with Crippen molar-refractivity contribution in [1.82, 2.24) is 10.2 Å². The largest absolute Gasteiger partial charge is 0.350 e. The van der Waals surface area contributed by atoms with E-state index in [0.29, 0.717) is 12.1 Å². The third-order valence-electron chi connectivity index (χ3n) is 4.09. The first-order valence-electron chi connectivity index (χ1n) is 8.09. The van der Waals surface area contributed by atoms with E-state index in [9.17, 15) is 4.79 Å². The quantitative estimate of drug-likeness (QED) is 0.610. The Labute approximate surface area is 162 Å². The van der Waals surface area contributed by atoms with Crippen LogP contribution in [0.15, 0.2) is 48.5 Å². The number of hydrogen-bond acceptors (Lipinski definition) is 2. The molecule has 0 bridgehead atoms. The fraction of sp³-hybridized carbons (Fsp3) is 0.316. The van der Waals surface area contributed by atoms with Gasteiger partial charge in [0.15, 0.2) is 0 Å². The molecule has 0 aliphatic carbocycles. The van der Waals surface area contributed by atoms with Crippen LogP contribution in [0.1, 0.15) is 35.8 Å². The molecule has 0 aliphatic heterocycles. The summed E-state index contributed by atoms with van der Waals surface area (Å²) in [6.07, 6.45) is 0. The zero-order chi connectivity index (χ0) is 17.5. The van der Waals surface area contributed by atoms with E-state index in [2.05, 4.69) is 46.7 Å². The van der Waals surface area contributed by atoms with E-state index in [1.165, 1.54) is 0 Å². The van der Waals surface area contributed by atoms with Crippen LogP contribution in [-0.4, -0.2) is 30.4 Å². The van der Waals surface area contributed by atoms with Crippen LogP contribution >= 0.6 is 34.2 Å². The summed E-state index contributed by atoms with van der Waals surface area (Å²) in [5.41, 5.74) is 1.75. The van der Waals surface area contributed by atoms with Crippen molar-refractivity contribution in [3.8, 4) is 0 Å². The minimum Gasteiger partial charge on any atom is -0.350 e. The molecule has 2 aromatic rings. The average Bonchev–Trinajstić information content (AvgIpc) is 2.59. The highest BCUT2D eigenvalue weighted by molar-refractivity contribution is 14.1. The summed E-state index contributed by atoms with van der Waals surface area (Å²) in [5.74, 6) is -0.0517. The van der Waals surface area contributed by atoms with E-state index in [-0.39, 0.29) is 11.9 Å². The zero-order valence-electron chi connectivity index (χ0n) is 13.9. The smallest absolute Gasteiger partial charge is 0.252 e. The summed E-state index contributed by atoms with van der Waals surface area (Å²) >= 11 is 8.58. The fourth-order valence-electron chi connectivity index (χ4n) is 2.78. The van der Waals surface area contributed by atoms with Crippen molar-refractivity contribution < 1.29 is 4.79 Å². The van der Waals surface area contributed by atoms with Gasteiger partial charge >= 0.3 is 0 Å². The molecule has 1 unspecified atom stereocenters. The van der Waals surface area contributed by atoms with Crippen molar-refractivity contribution in [3.05, 3.63) is 68.3 Å². The lowest BCUT2D eigenvalue weighted by Crippen LogP contribution is -2.38. The number of benzene rings is 2. The molecule has 0 heterocycles. The maximum absolute atomic E-state index is 12.5. The second-order valence-electron chi connectivity index (χ2n) is 5.45. The molecule has 0 fully saturated rings. The molecule has 0 saturated carbocycles. The normalized spacial score (nSPS) is 12.2. The summed E-state index contributed by atoms with van der Waals surface area (Å²) in [4.78, 5) is 14.8. The lowest BCUT2D eigenvalue weighted by Gasteiger charge is -2.31. The number of hydrogen-bond donors (Lipinski definition) is 1. The van der Waals surface area contributed by atoms with Gasteiger partial charge < -0.3 is 5.32 Å². The van der Waals surface area contributed by atoms with Gasteiger partial charge in [0.2, 0.25) is 0 Å². The van der Waals surface area contributed by atoms with Crippen LogP contribution in [0, 0.1) is 3.57 Å². The van der Waals surface area contributed by atoms with Crippen LogP contribution in [0.5, 0.6) is 0 Å². The SMILES string of the molecule is CCN(CC)C(CNC(=O)c1ccccc1I)c1ccccc1Cl. The first-order valence-corrected chi connectivity index (χ1v) is 9.55. The summed E-state index contributed by atoms with van der Waals surface area (Å²) in [7, 11) is 0. The summed E-state index contributed by atoms with van der Waals surface area (Å²) in [5, 5.41) is 3.80. The van der Waals surface area contributed by atoms with Crippen LogP contribution in [0.25, 0.3) is 0 Å². The summed E-state index contributed by atoms with van der Waals surface area (Å²) < 4.78 is 0.949. The Bertz CT molecular complexity index is 689. The van der Waals surface area contributed by atoms with Gasteiger partial charge in [-0.25, -0.2) is 0 Å². The lowest BCUT2D eigenvalue weighted by atomic mass is 10.0. The molecule has 0 aromatic heterocycles. The van der Waals surface area contributed by atoms with Crippen molar-refractivity contribution in [2.45, 2.75) is 19.9 Å². The van der Waals surface area contributed by atoms with Gasteiger partial charge in [-0.2, -0.15) is 0 Å². The molecule has 128 valence electrons. The molecule has 0 spiro atoms. The van der Waals surface area contributed by atoms with E-state index in [1.807, 2.05) is 48.5 Å². The van der Waals surface area contributed by atoms with Crippen molar-refractivity contribution in [1.29, 1.82) is 0 Å². The van der Waals surface area contributed by atoms with Gasteiger partial charge in [0.1, 0.15) is 0 Å². The molecule has 1 amide bonds. The molecule has 24 heavy (non-hydrogen) atoms. The maximum Gasteiger partial charge on any atom is 0.252 e. The van der Waals surface area contributed by atoms with Gasteiger partial charge in [-0.15, -0.1) is 0 Å². The molecule has 2 aromatic carbocycles. The van der Waals surface area contributed by atoms with Crippen molar-refractivity contribution in [2.24, 2.45) is 0 Å². The monoisotopic (exact) mass is 456 g/mol. The van der Waals surface area contributed by atoms with Crippen LogP contribution in [-0.2, 0) is 0 Å². The Hall–Kier alpha value is -1.11. The van der Waals surface area contributed by atoms with E-state index in [0.717, 1.165) is 27.2 Å². The fourth-order valence-corrected chi connectivity index (χ4v) is 3.67. The predicted molar refractivity (Wildman–Crippen MR) is 109 cm³/mol. The minimum atomic E-state index is -0.0517. The number of halogens is 2. The van der Waals surface area contributed by atoms with Crippen molar-refractivity contribution in [2.75, 3.05) is 19.6 Å². The number of carbonyl (C=O) groups is 1. The highest BCUT2D eigenvalue weighted by Crippen LogP contribution is 2.27. The summed E-state index contributed by atoms with van der Waals surface area (Å²) in [6.45, 7) is 6.55. The molecular weight excluding hydrogens is 435 g/mol. The molecule has 1 N–H and O–H groups in total. The van der Waals surface area contributed by atoms with E-state index >= 15 is 0 Å². The molecule has 1 atom stereocenters.